The van der Waals surface area contributed by atoms with Crippen LogP contribution in [0.3, 0.4) is 0 Å². The normalized spacial score (nSPS) is 17.0. The van der Waals surface area contributed by atoms with Crippen molar-refractivity contribution in [3.8, 4) is 5.75 Å². The van der Waals surface area contributed by atoms with Crippen molar-refractivity contribution in [2.45, 2.75) is 18.9 Å². The number of aromatic amines is 1. The Morgan fingerprint density at radius 2 is 2.30 bits per heavy atom. The van der Waals surface area contributed by atoms with E-state index >= 15 is 0 Å². The molecule has 3 rings (SSSR count). The van der Waals surface area contributed by atoms with Crippen LogP contribution in [0.5, 0.6) is 5.75 Å². The Balaban J connectivity index is 1.64. The minimum absolute atomic E-state index is 0.163. The fourth-order valence-corrected chi connectivity index (χ4v) is 2.66. The smallest absolute Gasteiger partial charge is 0.258 e. The van der Waals surface area contributed by atoms with Gasteiger partial charge in [0, 0.05) is 24.6 Å². The number of ether oxygens (including phenoxy) is 2. The lowest BCUT2D eigenvalue weighted by Gasteiger charge is -2.12. The van der Waals surface area contributed by atoms with Gasteiger partial charge in [-0.15, -0.1) is 0 Å². The molecule has 5 nitrogen and oxygen atoms in total. The largest absolute Gasteiger partial charge is 0.491 e. The van der Waals surface area contributed by atoms with Crippen LogP contribution in [0.15, 0.2) is 42.6 Å². The number of aromatic nitrogens is 1. The van der Waals surface area contributed by atoms with Crippen molar-refractivity contribution in [2.24, 2.45) is 0 Å². The summed E-state index contributed by atoms with van der Waals surface area (Å²) in [5, 5.41) is 2.83. The molecule has 0 bridgehead atoms. The summed E-state index contributed by atoms with van der Waals surface area (Å²) in [4.78, 5) is 15.1. The number of pyridine rings is 1. The Labute approximate surface area is 139 Å². The topological polar surface area (TPSA) is 63.4 Å². The van der Waals surface area contributed by atoms with E-state index in [1.165, 1.54) is 0 Å². The van der Waals surface area contributed by atoms with E-state index in [9.17, 15) is 4.79 Å². The van der Waals surface area contributed by atoms with Crippen molar-refractivity contribution in [3.05, 3.63) is 52.8 Å². The summed E-state index contributed by atoms with van der Waals surface area (Å²) in [5.74, 6) is 0.458. The summed E-state index contributed by atoms with van der Waals surface area (Å²) in [5.41, 5.74) is 1.10. The second-order valence-electron chi connectivity index (χ2n) is 5.34. The zero-order valence-electron chi connectivity index (χ0n) is 12.6. The molecule has 1 atom stereocenters. The summed E-state index contributed by atoms with van der Waals surface area (Å²) < 4.78 is 11.7. The van der Waals surface area contributed by atoms with Gasteiger partial charge in [-0.3, -0.25) is 4.79 Å². The Hall–Kier alpha value is -2.18. The molecule has 1 aliphatic rings. The van der Waals surface area contributed by atoms with Gasteiger partial charge in [-0.05, 0) is 37.1 Å². The van der Waals surface area contributed by atoms with Crippen LogP contribution in [-0.2, 0) is 4.74 Å². The van der Waals surface area contributed by atoms with Crippen LogP contribution in [0.25, 0.3) is 0 Å². The van der Waals surface area contributed by atoms with Gasteiger partial charge in [0.25, 0.3) is 5.91 Å². The lowest BCUT2D eigenvalue weighted by atomic mass is 10.2. The van der Waals surface area contributed by atoms with Crippen LogP contribution < -0.4 is 10.1 Å². The highest BCUT2D eigenvalue weighted by Gasteiger charge is 2.16. The first kappa shape index (κ1) is 15.7. The molecule has 2 N–H and O–H groups in total. The summed E-state index contributed by atoms with van der Waals surface area (Å²) in [6, 6.07) is 10.7. The molecule has 120 valence electrons. The molecule has 0 spiro atoms. The van der Waals surface area contributed by atoms with Crippen molar-refractivity contribution in [1.29, 1.82) is 0 Å². The number of anilines is 1. The van der Waals surface area contributed by atoms with Crippen LogP contribution in [-0.4, -0.2) is 30.2 Å². The molecule has 23 heavy (non-hydrogen) atoms. The van der Waals surface area contributed by atoms with Crippen LogP contribution in [0.1, 0.15) is 23.2 Å². The summed E-state index contributed by atoms with van der Waals surface area (Å²) >= 11 is 5.12. The highest BCUT2D eigenvalue weighted by molar-refractivity contribution is 7.71. The highest BCUT2D eigenvalue weighted by atomic mass is 32.1. The quantitative estimate of drug-likeness (QED) is 0.823. The van der Waals surface area contributed by atoms with Gasteiger partial charge >= 0.3 is 0 Å². The van der Waals surface area contributed by atoms with Gasteiger partial charge in [-0.25, -0.2) is 0 Å². The molecular weight excluding hydrogens is 312 g/mol. The number of carbonyl (C=O) groups is 1. The fourth-order valence-electron chi connectivity index (χ4n) is 2.43. The maximum atomic E-state index is 12.3. The fraction of sp³-hybridized carbons (Fsp3) is 0.294. The Morgan fingerprint density at radius 3 is 3.09 bits per heavy atom. The molecule has 1 fully saturated rings. The van der Waals surface area contributed by atoms with Crippen molar-refractivity contribution in [2.75, 3.05) is 18.5 Å². The number of H-pyrrole nitrogens is 1. The van der Waals surface area contributed by atoms with E-state index in [0.717, 1.165) is 19.4 Å². The Bertz CT molecular complexity index is 738. The van der Waals surface area contributed by atoms with Crippen LogP contribution in [0.4, 0.5) is 5.69 Å². The van der Waals surface area contributed by atoms with E-state index in [-0.39, 0.29) is 12.0 Å². The first-order chi connectivity index (χ1) is 11.2. The van der Waals surface area contributed by atoms with Gasteiger partial charge in [0.15, 0.2) is 0 Å². The van der Waals surface area contributed by atoms with Gasteiger partial charge < -0.3 is 19.8 Å². The molecule has 1 aliphatic heterocycles. The Morgan fingerprint density at radius 1 is 1.39 bits per heavy atom. The minimum Gasteiger partial charge on any atom is -0.491 e. The number of rotatable bonds is 5. The van der Waals surface area contributed by atoms with Gasteiger partial charge in [0.1, 0.15) is 17.0 Å². The Kier molecular flexibility index (Phi) is 5.05. The third kappa shape index (κ3) is 4.18. The summed E-state index contributed by atoms with van der Waals surface area (Å²) in [6.07, 6.45) is 3.97. The summed E-state index contributed by atoms with van der Waals surface area (Å²) in [7, 11) is 0. The monoisotopic (exact) mass is 330 g/mol. The molecule has 1 amide bonds. The van der Waals surface area contributed by atoms with Crippen molar-refractivity contribution < 1.29 is 14.3 Å². The molecule has 0 radical (unpaired) electrons. The summed E-state index contributed by atoms with van der Waals surface area (Å²) in [6.45, 7) is 1.34. The number of amides is 1. The standard InChI is InChI=1S/C17H18N2O3S/c20-16(15-7-2-8-18-17(15)23)19-12-4-1-5-13(10-12)22-11-14-6-3-9-21-14/h1-2,4-5,7-8,10,14H,3,6,9,11H2,(H,18,23)(H,19,20). The lowest BCUT2D eigenvalue weighted by molar-refractivity contribution is 0.0680. The molecule has 0 aliphatic carbocycles. The van der Waals surface area contributed by atoms with E-state index in [4.69, 9.17) is 21.7 Å². The van der Waals surface area contributed by atoms with E-state index in [1.807, 2.05) is 18.2 Å². The molecule has 1 unspecified atom stereocenters. The van der Waals surface area contributed by atoms with E-state index in [2.05, 4.69) is 10.3 Å². The first-order valence-electron chi connectivity index (χ1n) is 7.56. The number of benzene rings is 1. The first-order valence-corrected chi connectivity index (χ1v) is 7.97. The second kappa shape index (κ2) is 7.39. The van der Waals surface area contributed by atoms with Crippen LogP contribution in [0, 0.1) is 4.64 Å². The maximum absolute atomic E-state index is 12.3. The average molecular weight is 330 g/mol. The molecule has 1 saturated heterocycles. The maximum Gasteiger partial charge on any atom is 0.258 e. The van der Waals surface area contributed by atoms with Crippen molar-refractivity contribution in [1.82, 2.24) is 4.98 Å². The molecule has 0 saturated carbocycles. The minimum atomic E-state index is -0.247. The van der Waals surface area contributed by atoms with Gasteiger partial charge in [0.2, 0.25) is 0 Å². The number of hydrogen-bond donors (Lipinski definition) is 2. The molecular formula is C17H18N2O3S. The van der Waals surface area contributed by atoms with Crippen molar-refractivity contribution in [3.63, 3.8) is 0 Å². The molecule has 1 aromatic heterocycles. The molecule has 6 heteroatoms. The van der Waals surface area contributed by atoms with Gasteiger partial charge in [-0.2, -0.15) is 0 Å². The third-order valence-corrected chi connectivity index (χ3v) is 3.95. The number of hydrogen-bond acceptors (Lipinski definition) is 4. The molecule has 1 aromatic carbocycles. The number of carbonyl (C=O) groups excluding carboxylic acids is 1. The number of nitrogens with one attached hydrogen (secondary N) is 2. The van der Waals surface area contributed by atoms with Gasteiger partial charge in [-0.1, -0.05) is 18.3 Å². The third-order valence-electron chi connectivity index (χ3n) is 3.61. The van der Waals surface area contributed by atoms with Crippen molar-refractivity contribution >= 4 is 23.8 Å². The SMILES string of the molecule is O=C(Nc1cccc(OCC2CCCO2)c1)c1ccc[nH]c1=S. The zero-order chi connectivity index (χ0) is 16.1. The average Bonchev–Trinajstić information content (AvgIpc) is 3.07. The van der Waals surface area contributed by atoms with E-state index in [0.29, 0.717) is 28.2 Å². The zero-order valence-corrected chi connectivity index (χ0v) is 13.4. The molecule has 2 aromatic rings. The van der Waals surface area contributed by atoms with E-state index < -0.39 is 0 Å². The van der Waals surface area contributed by atoms with Crippen LogP contribution >= 0.6 is 12.2 Å². The second-order valence-corrected chi connectivity index (χ2v) is 5.75. The van der Waals surface area contributed by atoms with Gasteiger partial charge in [0.05, 0.1) is 11.7 Å². The molecule has 2 heterocycles. The van der Waals surface area contributed by atoms with Crippen LogP contribution in [0.2, 0.25) is 0 Å². The predicted octanol–water partition coefficient (Wildman–Crippen LogP) is 3.55. The van der Waals surface area contributed by atoms with E-state index in [1.54, 1.807) is 24.4 Å². The predicted molar refractivity (Wildman–Crippen MR) is 90.5 cm³/mol. The highest BCUT2D eigenvalue weighted by Crippen LogP contribution is 2.20. The lowest BCUT2D eigenvalue weighted by Crippen LogP contribution is -2.16.